The molecule has 41 heavy (non-hydrogen) atoms. The second kappa shape index (κ2) is 13.3. The van der Waals surface area contributed by atoms with Crippen LogP contribution in [0.2, 0.25) is 0 Å². The molecule has 1 amide bonds. The normalized spacial score (nSPS) is 19.8. The molecule has 4 atom stereocenters. The summed E-state index contributed by atoms with van der Waals surface area (Å²) in [6.45, 7) is -0.106. The average molecular weight is 641 g/mol. The van der Waals surface area contributed by atoms with E-state index in [1.165, 1.54) is 24.5 Å². The van der Waals surface area contributed by atoms with Gasteiger partial charge in [0.1, 0.15) is 17.9 Å². The number of anilines is 2. The maximum atomic E-state index is 12.4. The lowest BCUT2D eigenvalue weighted by Crippen LogP contribution is -2.28. The van der Waals surface area contributed by atoms with Gasteiger partial charge in [-0.15, -0.1) is 4.67 Å². The number of carbonyl (C=O) groups is 1. The number of nitrogen functional groups attached to an aromatic ring is 2. The average Bonchev–Trinajstić information content (AvgIpc) is 3.33. The van der Waals surface area contributed by atoms with Gasteiger partial charge in [0.2, 0.25) is 0 Å². The van der Waals surface area contributed by atoms with E-state index in [2.05, 4.69) is 50.7 Å². The molecule has 3 heterocycles. The number of nitrogens with two attached hydrogens (primary N) is 2. The van der Waals surface area contributed by atoms with Gasteiger partial charge < -0.3 is 40.8 Å². The van der Waals surface area contributed by atoms with Gasteiger partial charge in [-0.25, -0.2) is 29.3 Å². The first-order valence-electron chi connectivity index (χ1n) is 10.8. The number of rotatable bonds is 11. The lowest BCUT2D eigenvalue weighted by molar-refractivity contribution is -0.326. The lowest BCUT2D eigenvalue weighted by Gasteiger charge is -2.18. The first kappa shape index (κ1) is 32.5. The third kappa shape index (κ3) is 10.1. The van der Waals surface area contributed by atoms with Crippen molar-refractivity contribution >= 4 is 41.0 Å². The molecule has 224 valence electrons. The van der Waals surface area contributed by atoms with Crippen LogP contribution in [0.5, 0.6) is 0 Å². The highest BCUT2D eigenvalue weighted by Gasteiger charge is 2.42. The SMILES string of the molecule is NNc1ccc(C(=O)NCC#Cc2cn(C3CCC(OOP(=O)(O)OP(=O)(O)OP(=O)(O)O)O3)c(=O)nc2N)cn1. The van der Waals surface area contributed by atoms with E-state index in [4.69, 9.17) is 31.0 Å². The lowest BCUT2D eigenvalue weighted by atomic mass is 10.2. The Morgan fingerprint density at radius 2 is 1.90 bits per heavy atom. The van der Waals surface area contributed by atoms with Crippen molar-refractivity contribution in [1.29, 1.82) is 0 Å². The number of hydrazine groups is 1. The van der Waals surface area contributed by atoms with E-state index >= 15 is 0 Å². The van der Waals surface area contributed by atoms with E-state index in [1.807, 2.05) is 0 Å². The van der Waals surface area contributed by atoms with Crippen LogP contribution in [0.25, 0.3) is 0 Å². The van der Waals surface area contributed by atoms with Crippen LogP contribution in [-0.2, 0) is 36.6 Å². The molecule has 1 aliphatic rings. The minimum Gasteiger partial charge on any atom is -0.382 e. The Kier molecular flexibility index (Phi) is 10.5. The van der Waals surface area contributed by atoms with Crippen molar-refractivity contribution in [2.45, 2.75) is 25.4 Å². The molecule has 1 aliphatic heterocycles. The van der Waals surface area contributed by atoms with Crippen LogP contribution in [0.15, 0.2) is 29.3 Å². The molecule has 0 saturated carbocycles. The van der Waals surface area contributed by atoms with Crippen LogP contribution in [-0.4, -0.2) is 52.9 Å². The van der Waals surface area contributed by atoms with Crippen molar-refractivity contribution in [3.8, 4) is 11.8 Å². The Bertz CT molecular complexity index is 1540. The summed E-state index contributed by atoms with van der Waals surface area (Å²) < 4.78 is 51.3. The van der Waals surface area contributed by atoms with Crippen molar-refractivity contribution in [1.82, 2.24) is 19.9 Å². The number of ether oxygens (including phenoxy) is 1. The van der Waals surface area contributed by atoms with Gasteiger partial charge in [0, 0.05) is 18.8 Å². The molecule has 0 aromatic carbocycles. The number of hydrogen-bond donors (Lipinski definition) is 8. The van der Waals surface area contributed by atoms with E-state index in [1.54, 1.807) is 0 Å². The molecule has 2 aromatic rings. The molecule has 0 spiro atoms. The predicted molar refractivity (Wildman–Crippen MR) is 133 cm³/mol. The van der Waals surface area contributed by atoms with E-state index in [-0.39, 0.29) is 36.3 Å². The Balaban J connectivity index is 1.58. The van der Waals surface area contributed by atoms with E-state index < -0.39 is 47.6 Å². The van der Waals surface area contributed by atoms with Gasteiger partial charge in [-0.3, -0.25) is 9.36 Å². The Morgan fingerprint density at radius 1 is 1.17 bits per heavy atom. The zero-order valence-electron chi connectivity index (χ0n) is 20.3. The molecule has 1 fully saturated rings. The van der Waals surface area contributed by atoms with Crippen LogP contribution < -0.4 is 28.0 Å². The second-order valence-electron chi connectivity index (χ2n) is 7.65. The summed E-state index contributed by atoms with van der Waals surface area (Å²) in [4.78, 5) is 72.3. The summed E-state index contributed by atoms with van der Waals surface area (Å²) in [7, 11) is -16.9. The first-order valence-corrected chi connectivity index (χ1v) is 15.3. The van der Waals surface area contributed by atoms with Gasteiger partial charge in [-0.05, 0) is 18.6 Å². The molecular weight excluding hydrogens is 619 g/mol. The number of carbonyl (C=O) groups excluding carboxylic acids is 1. The Labute approximate surface area is 229 Å². The van der Waals surface area contributed by atoms with Crippen LogP contribution in [0.1, 0.15) is 35.0 Å². The number of hydrogen-bond acceptors (Lipinski definition) is 15. The maximum absolute atomic E-state index is 12.4. The maximum Gasteiger partial charge on any atom is 0.508 e. The molecule has 0 aliphatic carbocycles. The summed E-state index contributed by atoms with van der Waals surface area (Å²) in [5.41, 5.74) is 7.59. The number of aromatic nitrogens is 3. The van der Waals surface area contributed by atoms with Crippen LogP contribution in [0.4, 0.5) is 11.6 Å². The molecule has 0 radical (unpaired) electrons. The van der Waals surface area contributed by atoms with Crippen molar-refractivity contribution in [2.24, 2.45) is 5.84 Å². The van der Waals surface area contributed by atoms with Gasteiger partial charge in [0.15, 0.2) is 6.29 Å². The van der Waals surface area contributed by atoms with Crippen LogP contribution in [0.3, 0.4) is 0 Å². The van der Waals surface area contributed by atoms with Crippen molar-refractivity contribution in [2.75, 3.05) is 17.7 Å². The summed E-state index contributed by atoms with van der Waals surface area (Å²) in [6.07, 6.45) is 0.0918. The zero-order chi connectivity index (χ0) is 30.4. The largest absolute Gasteiger partial charge is 0.508 e. The summed E-state index contributed by atoms with van der Waals surface area (Å²) in [6, 6.07) is 2.99. The fourth-order valence-corrected chi connectivity index (χ4v) is 5.84. The first-order chi connectivity index (χ1) is 19.1. The summed E-state index contributed by atoms with van der Waals surface area (Å²) >= 11 is 0. The molecule has 2 aromatic heterocycles. The zero-order valence-corrected chi connectivity index (χ0v) is 23.0. The van der Waals surface area contributed by atoms with Gasteiger partial charge in [0.25, 0.3) is 5.91 Å². The van der Waals surface area contributed by atoms with Crippen molar-refractivity contribution < 1.29 is 61.0 Å². The number of nitrogens with zero attached hydrogens (tertiary/aromatic N) is 3. The van der Waals surface area contributed by atoms with Crippen LogP contribution in [0, 0.1) is 11.8 Å². The summed E-state index contributed by atoms with van der Waals surface area (Å²) in [5, 5.41) is 2.54. The molecular formula is C17H22N7O14P3. The molecule has 10 N–H and O–H groups in total. The highest BCUT2D eigenvalue weighted by molar-refractivity contribution is 7.66. The molecule has 3 rings (SSSR count). The van der Waals surface area contributed by atoms with E-state index in [0.29, 0.717) is 5.82 Å². The van der Waals surface area contributed by atoms with E-state index in [0.717, 1.165) is 4.57 Å². The topological polar surface area (TPSA) is 319 Å². The Morgan fingerprint density at radius 3 is 2.54 bits per heavy atom. The standard InChI is InChI=1S/C17H22N7O14P3/c18-15-11(2-1-7-20-16(25)10-3-4-12(23-19)21-8-10)9-24(17(26)22-15)13-5-6-14(34-13)35-36-40(30,31)38-41(32,33)37-39(27,28)29/h3-4,8-9,13-14H,5-7,19H2,(H,20,25)(H,21,23)(H,30,31)(H,32,33)(H2,18,22,26)(H2,27,28,29). The fraction of sp³-hybridized carbons (Fsp3) is 0.294. The predicted octanol–water partition coefficient (Wildman–Crippen LogP) is -0.802. The minimum absolute atomic E-state index is 0.0402. The van der Waals surface area contributed by atoms with Crippen molar-refractivity contribution in [3.63, 3.8) is 0 Å². The second-order valence-corrected chi connectivity index (χ2v) is 12.0. The molecule has 21 nitrogen and oxygen atoms in total. The molecule has 1 saturated heterocycles. The number of pyridine rings is 1. The summed E-state index contributed by atoms with van der Waals surface area (Å²) in [5.74, 6) is 10.2. The minimum atomic E-state index is -5.74. The van der Waals surface area contributed by atoms with Crippen LogP contribution >= 0.6 is 23.5 Å². The molecule has 0 bridgehead atoms. The van der Waals surface area contributed by atoms with E-state index in [9.17, 15) is 28.2 Å². The van der Waals surface area contributed by atoms with Crippen molar-refractivity contribution in [3.05, 3.63) is 46.1 Å². The number of amides is 1. The molecule has 24 heteroatoms. The monoisotopic (exact) mass is 641 g/mol. The van der Waals surface area contributed by atoms with Gasteiger partial charge in [-0.2, -0.15) is 18.5 Å². The van der Waals surface area contributed by atoms with Gasteiger partial charge in [-0.1, -0.05) is 11.8 Å². The number of phosphoric acid groups is 3. The van der Waals surface area contributed by atoms with Gasteiger partial charge >= 0.3 is 29.2 Å². The highest BCUT2D eigenvalue weighted by atomic mass is 31.3. The fourth-order valence-electron chi connectivity index (χ4n) is 3.02. The third-order valence-corrected chi connectivity index (χ3v) is 8.25. The quantitative estimate of drug-likeness (QED) is 0.0489. The van der Waals surface area contributed by atoms with Gasteiger partial charge in [0.05, 0.1) is 17.7 Å². The molecule has 4 unspecified atom stereocenters. The highest BCUT2D eigenvalue weighted by Crippen LogP contribution is 2.66. The number of nitrogens with one attached hydrogen (secondary N) is 2. The smallest absolute Gasteiger partial charge is 0.382 e. The Hall–Kier alpha value is -3.05. The third-order valence-electron chi connectivity index (χ3n) is 4.64.